The van der Waals surface area contributed by atoms with Crippen LogP contribution in [0.5, 0.6) is 17.2 Å². The van der Waals surface area contributed by atoms with Gasteiger partial charge in [-0.3, -0.25) is 4.79 Å². The number of amides is 1. The highest BCUT2D eigenvalue weighted by Gasteiger charge is 2.32. The Hall–Kier alpha value is -2.69. The lowest BCUT2D eigenvalue weighted by Crippen LogP contribution is -2.24. The van der Waals surface area contributed by atoms with Crippen LogP contribution in [0.4, 0.5) is 5.69 Å². The fourth-order valence-corrected chi connectivity index (χ4v) is 3.37. The van der Waals surface area contributed by atoms with Crippen molar-refractivity contribution < 1.29 is 19.0 Å². The average molecular weight is 323 g/mol. The van der Waals surface area contributed by atoms with Gasteiger partial charge in [0, 0.05) is 29.7 Å². The van der Waals surface area contributed by atoms with Gasteiger partial charge in [0.1, 0.15) is 5.75 Å². The van der Waals surface area contributed by atoms with Crippen LogP contribution in [-0.4, -0.2) is 18.8 Å². The van der Waals surface area contributed by atoms with Crippen molar-refractivity contribution in [3.63, 3.8) is 0 Å². The van der Waals surface area contributed by atoms with Crippen molar-refractivity contribution in [1.29, 1.82) is 0 Å². The Labute approximate surface area is 139 Å². The number of nitrogens with one attached hydrogen (secondary N) is 1. The zero-order chi connectivity index (χ0) is 16.1. The van der Waals surface area contributed by atoms with Crippen LogP contribution in [0, 0.1) is 0 Å². The van der Waals surface area contributed by atoms with E-state index >= 15 is 0 Å². The van der Waals surface area contributed by atoms with Crippen LogP contribution in [-0.2, 0) is 4.79 Å². The quantitative estimate of drug-likeness (QED) is 0.940. The number of carbonyl (C=O) groups is 1. The summed E-state index contributed by atoms with van der Waals surface area (Å²) >= 11 is 0. The van der Waals surface area contributed by atoms with Crippen molar-refractivity contribution in [2.24, 2.45) is 0 Å². The molecule has 0 bridgehead atoms. The molecule has 5 heteroatoms. The monoisotopic (exact) mass is 323 g/mol. The molecule has 0 saturated heterocycles. The Morgan fingerprint density at radius 1 is 1.04 bits per heavy atom. The largest absolute Gasteiger partial charge is 0.490 e. The molecule has 1 amide bonds. The van der Waals surface area contributed by atoms with Gasteiger partial charge < -0.3 is 19.5 Å². The summed E-state index contributed by atoms with van der Waals surface area (Å²) in [5.74, 6) is 2.25. The second kappa shape index (κ2) is 5.16. The molecule has 5 rings (SSSR count). The highest BCUT2D eigenvalue weighted by Crippen LogP contribution is 2.46. The summed E-state index contributed by atoms with van der Waals surface area (Å²) in [6, 6.07) is 11.9. The van der Waals surface area contributed by atoms with E-state index in [9.17, 15) is 4.79 Å². The minimum atomic E-state index is -0.0433. The van der Waals surface area contributed by atoms with Crippen molar-refractivity contribution in [3.8, 4) is 17.2 Å². The third-order valence-corrected chi connectivity index (χ3v) is 4.70. The van der Waals surface area contributed by atoms with Gasteiger partial charge in [-0.2, -0.15) is 0 Å². The Morgan fingerprint density at radius 3 is 2.67 bits per heavy atom. The molecule has 1 saturated carbocycles. The van der Waals surface area contributed by atoms with Gasteiger partial charge in [-0.25, -0.2) is 0 Å². The van der Waals surface area contributed by atoms with E-state index in [0.29, 0.717) is 18.3 Å². The molecule has 0 spiro atoms. The van der Waals surface area contributed by atoms with Crippen LogP contribution < -0.4 is 19.5 Å². The van der Waals surface area contributed by atoms with Gasteiger partial charge in [-0.05, 0) is 30.5 Å². The van der Waals surface area contributed by atoms with Crippen molar-refractivity contribution in [3.05, 3.63) is 47.5 Å². The van der Waals surface area contributed by atoms with Gasteiger partial charge in [0.15, 0.2) is 11.5 Å². The number of ether oxygens (including phenoxy) is 3. The zero-order valence-corrected chi connectivity index (χ0v) is 13.1. The molecule has 1 N–H and O–H groups in total. The Kier molecular flexibility index (Phi) is 2.95. The Bertz CT molecular complexity index is 828. The highest BCUT2D eigenvalue weighted by molar-refractivity contribution is 5.96. The summed E-state index contributed by atoms with van der Waals surface area (Å²) in [5.41, 5.74) is 2.90. The molecule has 3 aliphatic rings. The van der Waals surface area contributed by atoms with Crippen LogP contribution >= 0.6 is 0 Å². The van der Waals surface area contributed by atoms with E-state index in [4.69, 9.17) is 14.2 Å². The number of anilines is 1. The first-order valence-corrected chi connectivity index (χ1v) is 8.27. The first-order valence-electron chi connectivity index (χ1n) is 8.27. The molecule has 2 aromatic rings. The molecule has 24 heavy (non-hydrogen) atoms. The SMILES string of the molecule is O=C1CC(c2ccccc2OC2CC2)c2cc3c(cc2N1)OCO3. The minimum absolute atomic E-state index is 0.00703. The molecule has 5 nitrogen and oxygen atoms in total. The summed E-state index contributed by atoms with van der Waals surface area (Å²) in [6.45, 7) is 0.220. The number of hydrogen-bond donors (Lipinski definition) is 1. The third-order valence-electron chi connectivity index (χ3n) is 4.70. The molecule has 122 valence electrons. The number of para-hydroxylation sites is 1. The Morgan fingerprint density at radius 2 is 1.83 bits per heavy atom. The summed E-state index contributed by atoms with van der Waals surface area (Å²) in [4.78, 5) is 12.2. The van der Waals surface area contributed by atoms with Crippen molar-refractivity contribution in [2.45, 2.75) is 31.3 Å². The summed E-state index contributed by atoms with van der Waals surface area (Å²) in [7, 11) is 0. The van der Waals surface area contributed by atoms with Gasteiger partial charge in [0.25, 0.3) is 0 Å². The fourth-order valence-electron chi connectivity index (χ4n) is 3.37. The van der Waals surface area contributed by atoms with Crippen molar-refractivity contribution in [1.82, 2.24) is 0 Å². The molecule has 2 heterocycles. The predicted molar refractivity (Wildman–Crippen MR) is 87.7 cm³/mol. The first kappa shape index (κ1) is 13.7. The lowest BCUT2D eigenvalue weighted by molar-refractivity contribution is -0.116. The molecule has 1 unspecified atom stereocenters. The second-order valence-electron chi connectivity index (χ2n) is 6.45. The van der Waals surface area contributed by atoms with E-state index in [1.807, 2.05) is 30.3 Å². The number of benzene rings is 2. The number of hydrogen-bond acceptors (Lipinski definition) is 4. The first-order chi connectivity index (χ1) is 11.8. The van der Waals surface area contributed by atoms with Gasteiger partial charge in [0.2, 0.25) is 12.7 Å². The van der Waals surface area contributed by atoms with Gasteiger partial charge >= 0.3 is 0 Å². The number of carbonyl (C=O) groups excluding carboxylic acids is 1. The van der Waals surface area contributed by atoms with Gasteiger partial charge in [0.05, 0.1) is 6.10 Å². The summed E-state index contributed by atoms with van der Waals surface area (Å²) in [5, 5.41) is 2.95. The third kappa shape index (κ3) is 2.28. The van der Waals surface area contributed by atoms with Crippen LogP contribution in [0.1, 0.15) is 36.3 Å². The van der Waals surface area contributed by atoms with E-state index in [1.54, 1.807) is 0 Å². The maximum Gasteiger partial charge on any atom is 0.231 e. The topological polar surface area (TPSA) is 56.8 Å². The maximum atomic E-state index is 12.2. The standard InChI is InChI=1S/C19H17NO4/c21-19-8-13(12-3-1-2-4-16(12)24-11-5-6-11)14-7-17-18(23-10-22-17)9-15(14)20-19/h1-4,7,9,11,13H,5-6,8,10H2,(H,20,21). The Balaban J connectivity index is 1.61. The van der Waals surface area contributed by atoms with Crippen molar-refractivity contribution in [2.75, 3.05) is 12.1 Å². The van der Waals surface area contributed by atoms with Gasteiger partial charge in [-0.1, -0.05) is 18.2 Å². The zero-order valence-electron chi connectivity index (χ0n) is 13.1. The van der Waals surface area contributed by atoms with Crippen LogP contribution in [0.3, 0.4) is 0 Å². The highest BCUT2D eigenvalue weighted by atomic mass is 16.7. The fraction of sp³-hybridized carbons (Fsp3) is 0.316. The molecular weight excluding hydrogens is 306 g/mol. The van der Waals surface area contributed by atoms with Crippen LogP contribution in [0.15, 0.2) is 36.4 Å². The molecule has 0 radical (unpaired) electrons. The molecule has 1 aliphatic carbocycles. The van der Waals surface area contributed by atoms with E-state index in [-0.39, 0.29) is 18.6 Å². The normalized spacial score (nSPS) is 21.2. The minimum Gasteiger partial charge on any atom is -0.490 e. The average Bonchev–Trinajstić information content (AvgIpc) is 3.28. The van der Waals surface area contributed by atoms with E-state index < -0.39 is 0 Å². The number of fused-ring (bicyclic) bond motifs is 2. The van der Waals surface area contributed by atoms with E-state index in [0.717, 1.165) is 41.2 Å². The predicted octanol–water partition coefficient (Wildman–Crippen LogP) is 3.43. The van der Waals surface area contributed by atoms with E-state index in [1.165, 1.54) is 0 Å². The number of rotatable bonds is 3. The maximum absolute atomic E-state index is 12.2. The van der Waals surface area contributed by atoms with Crippen LogP contribution in [0.2, 0.25) is 0 Å². The van der Waals surface area contributed by atoms with E-state index in [2.05, 4.69) is 11.4 Å². The molecule has 2 aromatic carbocycles. The second-order valence-corrected chi connectivity index (χ2v) is 6.45. The van der Waals surface area contributed by atoms with Crippen molar-refractivity contribution >= 4 is 11.6 Å². The van der Waals surface area contributed by atoms with Crippen LogP contribution in [0.25, 0.3) is 0 Å². The molecule has 2 aliphatic heterocycles. The summed E-state index contributed by atoms with van der Waals surface area (Å²) in [6.07, 6.45) is 2.93. The summed E-state index contributed by atoms with van der Waals surface area (Å²) < 4.78 is 17.0. The molecule has 1 fully saturated rings. The molecular formula is C19H17NO4. The van der Waals surface area contributed by atoms with Gasteiger partial charge in [-0.15, -0.1) is 0 Å². The smallest absolute Gasteiger partial charge is 0.231 e. The molecule has 1 atom stereocenters. The lowest BCUT2D eigenvalue weighted by atomic mass is 9.84. The lowest BCUT2D eigenvalue weighted by Gasteiger charge is -2.27. The molecule has 0 aromatic heterocycles.